The van der Waals surface area contributed by atoms with Gasteiger partial charge in [-0.15, -0.1) is 11.8 Å². The van der Waals surface area contributed by atoms with E-state index in [4.69, 9.17) is 4.74 Å². The van der Waals surface area contributed by atoms with Crippen molar-refractivity contribution >= 4 is 56.3 Å². The van der Waals surface area contributed by atoms with Gasteiger partial charge in [0.05, 0.1) is 10.9 Å². The molecule has 2 aliphatic heterocycles. The van der Waals surface area contributed by atoms with Crippen LogP contribution in [0.15, 0.2) is 53.4 Å². The van der Waals surface area contributed by atoms with Crippen LogP contribution in [0.4, 0.5) is 4.79 Å². The van der Waals surface area contributed by atoms with Crippen molar-refractivity contribution in [3.8, 4) is 5.75 Å². The Hall–Kier alpha value is -3.31. The van der Waals surface area contributed by atoms with Crippen LogP contribution in [0.1, 0.15) is 11.1 Å². The number of hydrogen-bond donors (Lipinski definition) is 3. The zero-order valence-corrected chi connectivity index (χ0v) is 26.8. The molecule has 0 saturated carbocycles. The number of nitrogens with one attached hydrogen (secondary N) is 2. The molecule has 0 bridgehead atoms. The van der Waals surface area contributed by atoms with E-state index in [0.717, 1.165) is 17.3 Å². The Morgan fingerprint density at radius 1 is 1.05 bits per heavy atom. The fourth-order valence-electron chi connectivity index (χ4n) is 4.84. The number of carboxylic acid groups (broad SMARTS) is 1. The molecule has 2 aliphatic rings. The van der Waals surface area contributed by atoms with Crippen molar-refractivity contribution < 1.29 is 41.6 Å². The quantitative estimate of drug-likeness (QED) is 0.301. The van der Waals surface area contributed by atoms with Crippen LogP contribution in [-0.4, -0.2) is 112 Å². The lowest BCUT2D eigenvalue weighted by molar-refractivity contribution is -0.159. The van der Waals surface area contributed by atoms with E-state index >= 15 is 0 Å². The van der Waals surface area contributed by atoms with Crippen LogP contribution in [-0.2, 0) is 41.6 Å². The minimum atomic E-state index is -4.96. The predicted molar refractivity (Wildman–Crippen MR) is 164 cm³/mol. The van der Waals surface area contributed by atoms with Crippen molar-refractivity contribution in [2.45, 2.75) is 35.2 Å². The third kappa shape index (κ3) is 6.99. The lowest BCUT2D eigenvalue weighted by Gasteiger charge is -2.41. The van der Waals surface area contributed by atoms with Crippen LogP contribution in [0.25, 0.3) is 0 Å². The van der Waals surface area contributed by atoms with Crippen molar-refractivity contribution in [3.63, 3.8) is 0 Å². The molecule has 4 atom stereocenters. The number of Topliss-reactive ketones (excluding diaryl/α,β-unsaturated/α-hetero) is 1. The summed E-state index contributed by atoms with van der Waals surface area (Å²) >= 11 is 1.10. The highest BCUT2D eigenvalue weighted by Gasteiger charge is 2.61. The van der Waals surface area contributed by atoms with Crippen molar-refractivity contribution in [1.82, 2.24) is 19.8 Å². The number of carbonyl (C=O) groups excluding carboxylic acids is 3. The van der Waals surface area contributed by atoms with Crippen LogP contribution in [0.3, 0.4) is 0 Å². The van der Waals surface area contributed by atoms with Crippen LogP contribution >= 0.6 is 11.8 Å². The molecule has 2 amide bonds. The maximum atomic E-state index is 14.5. The summed E-state index contributed by atoms with van der Waals surface area (Å²) in [6.45, 7) is 2.23. The molecular weight excluding hydrogens is 633 g/mol. The topological polar surface area (TPSA) is 179 Å². The van der Waals surface area contributed by atoms with E-state index in [-0.39, 0.29) is 38.6 Å². The molecule has 238 valence electrons. The van der Waals surface area contributed by atoms with Gasteiger partial charge in [0.15, 0.2) is 5.78 Å². The average Bonchev–Trinajstić information content (AvgIpc) is 3.52. The van der Waals surface area contributed by atoms with Gasteiger partial charge in [-0.25, -0.2) is 22.3 Å². The molecule has 16 heteroatoms. The van der Waals surface area contributed by atoms with E-state index in [9.17, 15) is 36.9 Å². The highest BCUT2D eigenvalue weighted by Crippen LogP contribution is 2.35. The smallest absolute Gasteiger partial charge is 0.414 e. The monoisotopic (exact) mass is 666 g/mol. The van der Waals surface area contributed by atoms with E-state index in [0.29, 0.717) is 12.3 Å². The largest absolute Gasteiger partial charge is 0.479 e. The van der Waals surface area contributed by atoms with E-state index in [1.165, 1.54) is 67.5 Å². The molecule has 2 unspecified atom stereocenters. The number of nitrogens with zero attached hydrogens (tertiary/aromatic N) is 2. The summed E-state index contributed by atoms with van der Waals surface area (Å²) < 4.78 is 46.7. The normalized spacial score (nSPS) is 21.6. The van der Waals surface area contributed by atoms with Crippen LogP contribution in [0, 0.1) is 6.92 Å². The lowest BCUT2D eigenvalue weighted by Crippen LogP contribution is -2.71. The second kappa shape index (κ2) is 13.8. The number of hydrogen-bond acceptors (Lipinski definition) is 11. The number of thioether (sulfide) groups is 1. The van der Waals surface area contributed by atoms with E-state index < -0.39 is 68.0 Å². The molecule has 13 nitrogen and oxygen atoms in total. The summed E-state index contributed by atoms with van der Waals surface area (Å²) in [4.78, 5) is 54.9. The van der Waals surface area contributed by atoms with Crippen molar-refractivity contribution in [1.29, 1.82) is 0 Å². The highest BCUT2D eigenvalue weighted by molar-refractivity contribution is 8.01. The fourth-order valence-corrected chi connectivity index (χ4v) is 8.69. The summed E-state index contributed by atoms with van der Waals surface area (Å²) in [6.07, 6.45) is -1.41. The number of amides is 2. The second-order valence-electron chi connectivity index (χ2n) is 10.6. The summed E-state index contributed by atoms with van der Waals surface area (Å²) in [5, 5.41) is 15.6. The molecule has 0 aliphatic carbocycles. The van der Waals surface area contributed by atoms with Crippen molar-refractivity contribution in [2.75, 3.05) is 44.4 Å². The third-order valence-corrected chi connectivity index (χ3v) is 11.5. The van der Waals surface area contributed by atoms with E-state index in [1.54, 1.807) is 6.92 Å². The molecule has 0 spiro atoms. The lowest BCUT2D eigenvalue weighted by atomic mass is 9.83. The van der Waals surface area contributed by atoms with Gasteiger partial charge < -0.3 is 20.1 Å². The van der Waals surface area contributed by atoms with Gasteiger partial charge in [-0.3, -0.25) is 19.1 Å². The predicted octanol–water partition coefficient (Wildman–Crippen LogP) is 0.591. The number of benzene rings is 2. The molecule has 0 aromatic heterocycles. The van der Waals surface area contributed by atoms with Crippen LogP contribution in [0.2, 0.25) is 0 Å². The molecule has 2 heterocycles. The molecule has 2 fully saturated rings. The van der Waals surface area contributed by atoms with E-state index in [1.807, 2.05) is 0 Å². The molecule has 2 aromatic carbocycles. The molecule has 4 rings (SSSR count). The summed E-state index contributed by atoms with van der Waals surface area (Å²) in [7, 11) is -3.45. The first-order valence-electron chi connectivity index (χ1n) is 13.6. The highest BCUT2D eigenvalue weighted by atomic mass is 32.2. The van der Waals surface area contributed by atoms with Gasteiger partial charge in [0.2, 0.25) is 5.54 Å². The molecule has 0 radical (unpaired) electrons. The first-order valence-corrected chi connectivity index (χ1v) is 17.6. The van der Waals surface area contributed by atoms with Crippen molar-refractivity contribution in [2.24, 2.45) is 0 Å². The first kappa shape index (κ1) is 33.6. The Balaban J connectivity index is 1.91. The Morgan fingerprint density at radius 2 is 1.70 bits per heavy atom. The van der Waals surface area contributed by atoms with Crippen molar-refractivity contribution in [3.05, 3.63) is 59.7 Å². The van der Waals surface area contributed by atoms with Gasteiger partial charge in [0.1, 0.15) is 11.1 Å². The Bertz CT molecular complexity index is 1540. The zero-order chi connectivity index (χ0) is 32.2. The second-order valence-corrected chi connectivity index (χ2v) is 15.2. The average molecular weight is 667 g/mol. The number of carbonyl (C=O) groups is 4. The van der Waals surface area contributed by atoms with Gasteiger partial charge >= 0.3 is 12.1 Å². The molecule has 2 aromatic rings. The molecule has 2 saturated heterocycles. The Labute approximate surface area is 262 Å². The first-order chi connectivity index (χ1) is 20.8. The van der Waals surface area contributed by atoms with Gasteiger partial charge in [-0.1, -0.05) is 29.8 Å². The maximum absolute atomic E-state index is 14.5. The van der Waals surface area contributed by atoms with Gasteiger partial charge in [-0.05, 0) is 36.8 Å². The maximum Gasteiger partial charge on any atom is 0.414 e. The number of aryl methyl sites for hydroxylation is 1. The minimum absolute atomic E-state index is 0.121. The summed E-state index contributed by atoms with van der Waals surface area (Å²) in [6, 6.07) is 9.71. The Kier molecular flexibility index (Phi) is 10.5. The van der Waals surface area contributed by atoms with E-state index in [2.05, 4.69) is 10.6 Å². The minimum Gasteiger partial charge on any atom is -0.479 e. The molecular formula is C28H34N4O9S3. The number of rotatable bonds is 10. The SMILES string of the molecule is Cc1ccc(S(=O)(=O)N(C(=O)[C@H]2NCCS2)[C@@](Cc2ccc(OC(=O)N(C)C)cc2)(C(=O)O)C(=O)C2CS(=O)CCN2)cc1. The van der Waals surface area contributed by atoms with Gasteiger partial charge in [-0.2, -0.15) is 0 Å². The zero-order valence-electron chi connectivity index (χ0n) is 24.3. The molecule has 44 heavy (non-hydrogen) atoms. The Morgan fingerprint density at radius 3 is 2.25 bits per heavy atom. The number of ketones is 1. The summed E-state index contributed by atoms with van der Waals surface area (Å²) in [5.41, 5.74) is -2.09. The number of sulfonamides is 1. The van der Waals surface area contributed by atoms with Crippen LogP contribution in [0.5, 0.6) is 5.75 Å². The van der Waals surface area contributed by atoms with Gasteiger partial charge in [0, 0.05) is 61.7 Å². The fraction of sp³-hybridized carbons (Fsp3) is 0.429. The number of aliphatic carboxylic acids is 1. The van der Waals surface area contributed by atoms with Crippen LogP contribution < -0.4 is 15.4 Å². The molecule has 3 N–H and O–H groups in total. The standard InChI is InChI=1S/C28H34N4O9S3/c1-18-4-10-21(11-5-18)44(39,40)32(25(34)24-30-12-14-42-24)28(26(35)36,23(33)22-17-43(38)15-13-29-22)16-19-6-8-20(9-7-19)41-27(37)31(2)3/h4-11,22,24,29-30H,12-17H2,1-3H3,(H,35,36)/t22?,24-,28+,43?/m0/s1. The van der Waals surface area contributed by atoms with Gasteiger partial charge in [0.25, 0.3) is 15.9 Å². The summed E-state index contributed by atoms with van der Waals surface area (Å²) in [5.74, 6) is -3.54. The number of carboxylic acids is 1. The number of ether oxygens (including phenoxy) is 1. The third-order valence-electron chi connectivity index (χ3n) is 7.15.